The van der Waals surface area contributed by atoms with Gasteiger partial charge in [0.05, 0.1) is 24.2 Å². The number of aromatic amines is 1. The summed E-state index contributed by atoms with van der Waals surface area (Å²) in [7, 11) is 1.67. The summed E-state index contributed by atoms with van der Waals surface area (Å²) in [5.74, 6) is 0.912. The average molecular weight is 305 g/mol. The predicted molar refractivity (Wildman–Crippen MR) is 87.6 cm³/mol. The molecule has 0 unspecified atom stereocenters. The number of hydrogen-bond donors (Lipinski definition) is 2. The van der Waals surface area contributed by atoms with Crippen LogP contribution in [0.2, 0.25) is 0 Å². The van der Waals surface area contributed by atoms with Crippen molar-refractivity contribution in [2.75, 3.05) is 12.4 Å². The molecule has 2 aliphatic rings. The van der Waals surface area contributed by atoms with Gasteiger partial charge in [0, 0.05) is 22.2 Å². The smallest absolute Gasteiger partial charge is 0.235 e. The topological polar surface area (TPSA) is 67.0 Å². The summed E-state index contributed by atoms with van der Waals surface area (Å²) in [6, 6.07) is 10.0. The van der Waals surface area contributed by atoms with Gasteiger partial charge in [-0.1, -0.05) is 12.1 Å². The Morgan fingerprint density at radius 3 is 2.87 bits per heavy atom. The number of H-pyrrole nitrogens is 1. The quantitative estimate of drug-likeness (QED) is 0.764. The number of carbonyl (C=O) groups is 1. The second-order valence-corrected chi connectivity index (χ2v) is 6.27. The van der Waals surface area contributed by atoms with E-state index in [4.69, 9.17) is 4.74 Å². The van der Waals surface area contributed by atoms with Crippen LogP contribution in [0.5, 0.6) is 5.75 Å². The highest BCUT2D eigenvalue weighted by molar-refractivity contribution is 6.11. The number of rotatable bonds is 2. The van der Waals surface area contributed by atoms with Crippen molar-refractivity contribution in [2.45, 2.75) is 18.3 Å². The van der Waals surface area contributed by atoms with Gasteiger partial charge in [-0.3, -0.25) is 9.89 Å². The summed E-state index contributed by atoms with van der Waals surface area (Å²) in [5.41, 5.74) is 4.66. The molecule has 2 aromatic carbocycles. The van der Waals surface area contributed by atoms with Crippen LogP contribution < -0.4 is 10.1 Å². The molecule has 23 heavy (non-hydrogen) atoms. The minimum Gasteiger partial charge on any atom is -0.496 e. The van der Waals surface area contributed by atoms with Crippen molar-refractivity contribution in [2.24, 2.45) is 0 Å². The third-order valence-electron chi connectivity index (χ3n) is 5.03. The number of anilines is 1. The summed E-state index contributed by atoms with van der Waals surface area (Å²) in [5, 5.41) is 11.2. The molecular weight excluding hydrogens is 290 g/mol. The largest absolute Gasteiger partial charge is 0.496 e. The molecule has 5 rings (SSSR count). The van der Waals surface area contributed by atoms with E-state index in [2.05, 4.69) is 27.6 Å². The SMILES string of the molecule is COc1ccc2c(c1-c1ccc3cn[nH]c3c1)C1(CC1)C(=O)N2. The van der Waals surface area contributed by atoms with Crippen LogP contribution in [-0.2, 0) is 10.2 Å². The van der Waals surface area contributed by atoms with Gasteiger partial charge in [-0.25, -0.2) is 0 Å². The van der Waals surface area contributed by atoms with Crippen LogP contribution in [0.15, 0.2) is 36.5 Å². The zero-order valence-corrected chi connectivity index (χ0v) is 12.6. The third-order valence-corrected chi connectivity index (χ3v) is 5.03. The first-order chi connectivity index (χ1) is 11.2. The molecule has 1 spiro atoms. The molecule has 1 aromatic heterocycles. The summed E-state index contributed by atoms with van der Waals surface area (Å²) in [4.78, 5) is 12.4. The summed E-state index contributed by atoms with van der Waals surface area (Å²) in [6.07, 6.45) is 3.61. The van der Waals surface area contributed by atoms with E-state index in [1.807, 2.05) is 18.2 Å². The lowest BCUT2D eigenvalue weighted by Crippen LogP contribution is -2.18. The van der Waals surface area contributed by atoms with Crippen LogP contribution in [0.1, 0.15) is 18.4 Å². The maximum atomic E-state index is 12.4. The Morgan fingerprint density at radius 1 is 1.22 bits per heavy atom. The molecule has 2 heterocycles. The molecule has 0 bridgehead atoms. The number of ether oxygens (including phenoxy) is 1. The van der Waals surface area contributed by atoms with Crippen molar-refractivity contribution in [3.05, 3.63) is 42.1 Å². The van der Waals surface area contributed by atoms with Crippen molar-refractivity contribution in [3.63, 3.8) is 0 Å². The number of carbonyl (C=O) groups excluding carboxylic acids is 1. The van der Waals surface area contributed by atoms with Crippen LogP contribution >= 0.6 is 0 Å². The van der Waals surface area contributed by atoms with Crippen LogP contribution in [-0.4, -0.2) is 23.2 Å². The Bertz CT molecular complexity index is 970. The lowest BCUT2D eigenvalue weighted by molar-refractivity contribution is -0.117. The molecule has 0 saturated heterocycles. The number of nitrogens with zero attached hydrogens (tertiary/aromatic N) is 1. The first-order valence-corrected chi connectivity index (χ1v) is 7.69. The van der Waals surface area contributed by atoms with Gasteiger partial charge in [0.25, 0.3) is 0 Å². The van der Waals surface area contributed by atoms with E-state index in [1.165, 1.54) is 0 Å². The molecule has 1 amide bonds. The fourth-order valence-corrected chi connectivity index (χ4v) is 3.69. The molecular formula is C18H15N3O2. The second kappa shape index (κ2) is 4.13. The summed E-state index contributed by atoms with van der Waals surface area (Å²) in [6.45, 7) is 0. The van der Waals surface area contributed by atoms with Crippen molar-refractivity contribution >= 4 is 22.5 Å². The number of nitrogens with one attached hydrogen (secondary N) is 2. The van der Waals surface area contributed by atoms with Gasteiger partial charge in [0.1, 0.15) is 5.75 Å². The molecule has 1 fully saturated rings. The Kier molecular flexibility index (Phi) is 2.28. The fourth-order valence-electron chi connectivity index (χ4n) is 3.69. The van der Waals surface area contributed by atoms with Gasteiger partial charge in [-0.2, -0.15) is 5.10 Å². The Hall–Kier alpha value is -2.82. The number of amides is 1. The van der Waals surface area contributed by atoms with Crippen molar-refractivity contribution in [3.8, 4) is 16.9 Å². The third kappa shape index (κ3) is 1.56. The first-order valence-electron chi connectivity index (χ1n) is 7.69. The molecule has 3 aromatic rings. The fraction of sp³-hybridized carbons (Fsp3) is 0.222. The molecule has 2 N–H and O–H groups in total. The molecule has 1 saturated carbocycles. The van der Waals surface area contributed by atoms with Gasteiger partial charge >= 0.3 is 0 Å². The van der Waals surface area contributed by atoms with Crippen LogP contribution in [0, 0.1) is 0 Å². The van der Waals surface area contributed by atoms with Gasteiger partial charge < -0.3 is 10.1 Å². The van der Waals surface area contributed by atoms with E-state index in [9.17, 15) is 4.79 Å². The van der Waals surface area contributed by atoms with E-state index < -0.39 is 0 Å². The first kappa shape index (κ1) is 12.7. The lowest BCUT2D eigenvalue weighted by Gasteiger charge is -2.16. The minimum atomic E-state index is -0.359. The van der Waals surface area contributed by atoms with Gasteiger partial charge in [0.2, 0.25) is 5.91 Å². The van der Waals surface area contributed by atoms with E-state index in [1.54, 1.807) is 13.3 Å². The van der Waals surface area contributed by atoms with Crippen LogP contribution in [0.3, 0.4) is 0 Å². The highest BCUT2D eigenvalue weighted by Crippen LogP contribution is 2.59. The molecule has 1 aliphatic heterocycles. The van der Waals surface area contributed by atoms with Crippen molar-refractivity contribution < 1.29 is 9.53 Å². The maximum Gasteiger partial charge on any atom is 0.235 e. The zero-order chi connectivity index (χ0) is 15.6. The monoisotopic (exact) mass is 305 g/mol. The molecule has 0 radical (unpaired) electrons. The average Bonchev–Trinajstić information content (AvgIpc) is 3.15. The Labute approximate surface area is 132 Å². The van der Waals surface area contributed by atoms with E-state index in [0.29, 0.717) is 0 Å². The highest BCUT2D eigenvalue weighted by atomic mass is 16.5. The number of fused-ring (bicyclic) bond motifs is 3. The molecule has 114 valence electrons. The summed E-state index contributed by atoms with van der Waals surface area (Å²) < 4.78 is 5.61. The number of hydrogen-bond acceptors (Lipinski definition) is 3. The molecule has 0 atom stereocenters. The maximum absolute atomic E-state index is 12.4. The van der Waals surface area contributed by atoms with Crippen LogP contribution in [0.4, 0.5) is 5.69 Å². The normalized spacial score (nSPS) is 17.3. The lowest BCUT2D eigenvalue weighted by atomic mass is 9.88. The number of methoxy groups -OCH3 is 1. The Morgan fingerprint density at radius 2 is 2.09 bits per heavy atom. The van der Waals surface area contributed by atoms with E-state index in [-0.39, 0.29) is 11.3 Å². The standard InChI is InChI=1S/C18H15N3O2/c1-23-14-5-4-12-16(18(6-7-18)17(22)20-12)15(14)10-2-3-11-9-19-21-13(11)8-10/h2-5,8-9H,6-7H2,1H3,(H,19,21)(H,20,22). The highest BCUT2D eigenvalue weighted by Gasteiger charge is 2.57. The molecule has 5 nitrogen and oxygen atoms in total. The van der Waals surface area contributed by atoms with E-state index in [0.717, 1.165) is 51.9 Å². The minimum absolute atomic E-state index is 0.115. The van der Waals surface area contributed by atoms with Crippen molar-refractivity contribution in [1.82, 2.24) is 10.2 Å². The van der Waals surface area contributed by atoms with Gasteiger partial charge in [-0.15, -0.1) is 0 Å². The van der Waals surface area contributed by atoms with E-state index >= 15 is 0 Å². The Balaban J connectivity index is 1.82. The molecule has 5 heteroatoms. The van der Waals surface area contributed by atoms with Crippen LogP contribution in [0.25, 0.3) is 22.0 Å². The zero-order valence-electron chi connectivity index (χ0n) is 12.6. The molecule has 1 aliphatic carbocycles. The van der Waals surface area contributed by atoms with Gasteiger partial charge in [-0.05, 0) is 36.6 Å². The predicted octanol–water partition coefficient (Wildman–Crippen LogP) is 3.22. The van der Waals surface area contributed by atoms with Gasteiger partial charge in [0.15, 0.2) is 0 Å². The summed E-state index contributed by atoms with van der Waals surface area (Å²) >= 11 is 0. The number of aromatic nitrogens is 2. The number of benzene rings is 2. The second-order valence-electron chi connectivity index (χ2n) is 6.27. The van der Waals surface area contributed by atoms with Crippen molar-refractivity contribution in [1.29, 1.82) is 0 Å².